The number of hydrogen-bond acceptors (Lipinski definition) is 25. The number of carbonyl (C=O) groups is 1. The Kier molecular flexibility index (Phi) is 19.1. The molecule has 9 fully saturated rings. The monoisotopic (exact) mass is 1210 g/mol. The van der Waals surface area contributed by atoms with Gasteiger partial charge in [0.05, 0.1) is 38.6 Å². The minimum Gasteiger partial charge on any atom is -0.462 e. The average Bonchev–Trinajstić information content (AvgIpc) is 1.48. The molecule has 482 valence electrons. The van der Waals surface area contributed by atoms with Gasteiger partial charge in [-0.25, -0.2) is 4.79 Å². The molecule has 10 rings (SSSR count). The Balaban J connectivity index is 0.779. The minimum absolute atomic E-state index is 0.0121. The van der Waals surface area contributed by atoms with E-state index >= 15 is 0 Å². The summed E-state index contributed by atoms with van der Waals surface area (Å²) in [7, 11) is 0. The van der Waals surface area contributed by atoms with Crippen LogP contribution in [0.15, 0.2) is 35.9 Å². The summed E-state index contributed by atoms with van der Waals surface area (Å²) in [5.74, 6) is 0.623. The van der Waals surface area contributed by atoms with Crippen LogP contribution in [0.5, 0.6) is 11.5 Å². The second-order valence-electron chi connectivity index (χ2n) is 27.2. The molecular formula is C60H92O25. The van der Waals surface area contributed by atoms with E-state index in [0.29, 0.717) is 17.9 Å². The van der Waals surface area contributed by atoms with Crippen LogP contribution in [0, 0.1) is 50.7 Å². The fourth-order valence-electron chi connectivity index (χ4n) is 17.7. The Morgan fingerprint density at radius 1 is 0.553 bits per heavy atom. The molecule has 2 spiro atoms. The summed E-state index contributed by atoms with van der Waals surface area (Å²) in [5.41, 5.74) is -0.114. The molecule has 9 aliphatic rings. The summed E-state index contributed by atoms with van der Waals surface area (Å²) in [6.45, 7) is 10.1. The van der Waals surface area contributed by atoms with Crippen molar-refractivity contribution in [3.05, 3.63) is 35.9 Å². The number of fused-ring (bicyclic) bond motifs is 2. The highest BCUT2D eigenvalue weighted by Crippen LogP contribution is 2.89. The zero-order chi connectivity index (χ0) is 61.6. The summed E-state index contributed by atoms with van der Waals surface area (Å²) in [6, 6.07) is 5.93. The van der Waals surface area contributed by atoms with E-state index in [4.69, 9.17) is 42.6 Å². The second-order valence-corrected chi connectivity index (χ2v) is 27.2. The van der Waals surface area contributed by atoms with Gasteiger partial charge in [-0.15, -0.1) is 0 Å². The van der Waals surface area contributed by atoms with E-state index in [2.05, 4.69) is 34.6 Å². The molecule has 30 atom stereocenters. The quantitative estimate of drug-likeness (QED) is 0.0340. The summed E-state index contributed by atoms with van der Waals surface area (Å²) < 4.78 is 53.4. The number of rotatable bonds is 18. The van der Waals surface area contributed by atoms with Crippen molar-refractivity contribution in [3.63, 3.8) is 0 Å². The smallest absolute Gasteiger partial charge is 0.338 e. The first-order valence-electron chi connectivity index (χ1n) is 30.3. The average molecular weight is 1210 g/mol. The predicted octanol–water partition coefficient (Wildman–Crippen LogP) is -1.62. The van der Waals surface area contributed by atoms with Crippen LogP contribution in [0.4, 0.5) is 0 Å². The van der Waals surface area contributed by atoms with Crippen molar-refractivity contribution in [3.8, 4) is 11.5 Å². The fourth-order valence-corrected chi connectivity index (χ4v) is 17.7. The zero-order valence-electron chi connectivity index (χ0n) is 49.1. The van der Waals surface area contributed by atoms with E-state index in [0.717, 1.165) is 51.4 Å². The summed E-state index contributed by atoms with van der Waals surface area (Å²) in [6.07, 6.45) is -23.5. The third-order valence-corrected chi connectivity index (χ3v) is 22.9. The third-order valence-electron chi connectivity index (χ3n) is 22.9. The van der Waals surface area contributed by atoms with Crippen LogP contribution in [0.1, 0.15) is 106 Å². The lowest BCUT2D eigenvalue weighted by molar-refractivity contribution is -0.398. The molecule has 1 aromatic rings. The first-order chi connectivity index (χ1) is 40.2. The van der Waals surface area contributed by atoms with E-state index in [9.17, 15) is 81.4 Å². The SMILES string of the molecule is CC(=CCC(O)C(C)C1CCC2(C)C3CCC4C(C)(C)C(OC5OC(CO)C(O)C(O)C5OC5OC(CO)C(O)C(O)C5OC5OC(CO)C(O)C(O)C5O)CCC45CC35CCC12C)C(=O)Oc1ccc(OC2OC(CO)C(O)C(O)C2O)cc1. The number of aliphatic hydroxyl groups excluding tert-OH is 15. The van der Waals surface area contributed by atoms with Crippen LogP contribution in [0.2, 0.25) is 0 Å². The topological polar surface area (TPSA) is 404 Å². The summed E-state index contributed by atoms with van der Waals surface area (Å²) in [5, 5.41) is 159. The van der Waals surface area contributed by atoms with Crippen LogP contribution >= 0.6 is 0 Å². The van der Waals surface area contributed by atoms with Crippen LogP contribution < -0.4 is 9.47 Å². The molecule has 0 bridgehead atoms. The molecule has 85 heavy (non-hydrogen) atoms. The Bertz CT molecular complexity index is 2480. The van der Waals surface area contributed by atoms with Crippen LogP contribution in [-0.2, 0) is 38.0 Å². The van der Waals surface area contributed by atoms with E-state index < -0.39 is 173 Å². The number of carbonyl (C=O) groups excluding carboxylic acids is 1. The van der Waals surface area contributed by atoms with Crippen LogP contribution in [0.25, 0.3) is 0 Å². The van der Waals surface area contributed by atoms with Gasteiger partial charge in [-0.3, -0.25) is 0 Å². The first kappa shape index (κ1) is 65.3. The molecule has 4 aliphatic heterocycles. The van der Waals surface area contributed by atoms with Crippen LogP contribution in [-0.4, -0.2) is 244 Å². The molecule has 4 saturated heterocycles. The van der Waals surface area contributed by atoms with E-state index in [1.165, 1.54) is 24.3 Å². The van der Waals surface area contributed by atoms with E-state index in [-0.39, 0.29) is 57.3 Å². The lowest BCUT2D eigenvalue weighted by Gasteiger charge is -2.63. The van der Waals surface area contributed by atoms with Crippen LogP contribution in [0.3, 0.4) is 0 Å². The molecule has 5 saturated carbocycles. The van der Waals surface area contributed by atoms with Crippen molar-refractivity contribution >= 4 is 5.97 Å². The third kappa shape index (κ3) is 11.1. The van der Waals surface area contributed by atoms with Gasteiger partial charge in [-0.1, -0.05) is 40.7 Å². The Morgan fingerprint density at radius 3 is 1.59 bits per heavy atom. The molecule has 25 heteroatoms. The standard InChI is InChI=1S/C60H92O25/c1-26(51(76)77-28-8-10-29(11-9-28)78-52-47(74)43(70)39(66)32(21-61)79-52)7-12-31(65)27(2)30-15-17-58(6)37-14-13-36-56(3,4)38(16-18-59(36)25-60(37,59)20-19-57(30,58)5)83-54-49(45(72)41(68)34(23-63)81-54)85-55-50(46(73)42(69)35(24-64)82-55)84-53-48(75)44(71)40(67)33(22-62)80-53/h7-11,27,30-50,52-55,61-75H,12-25H2,1-6H3. The molecule has 1 aromatic carbocycles. The minimum atomic E-state index is -1.93. The maximum Gasteiger partial charge on any atom is 0.338 e. The van der Waals surface area contributed by atoms with Gasteiger partial charge < -0.3 is 119 Å². The van der Waals surface area contributed by atoms with Gasteiger partial charge in [0.15, 0.2) is 18.9 Å². The molecule has 0 amide bonds. The summed E-state index contributed by atoms with van der Waals surface area (Å²) >= 11 is 0. The fraction of sp³-hybridized carbons (Fsp3) is 0.850. The molecule has 0 aromatic heterocycles. The number of ether oxygens (including phenoxy) is 9. The maximum atomic E-state index is 13.3. The molecule has 5 aliphatic carbocycles. The highest BCUT2D eigenvalue weighted by atomic mass is 16.8. The van der Waals surface area contributed by atoms with Crippen molar-refractivity contribution in [2.45, 2.75) is 241 Å². The predicted molar refractivity (Wildman–Crippen MR) is 291 cm³/mol. The Hall–Kier alpha value is -2.65. The number of aliphatic hydroxyl groups is 15. The van der Waals surface area contributed by atoms with Gasteiger partial charge in [-0.05, 0) is 146 Å². The molecule has 25 nitrogen and oxygen atoms in total. The van der Waals surface area contributed by atoms with Crippen molar-refractivity contribution in [1.82, 2.24) is 0 Å². The molecule has 4 heterocycles. The van der Waals surface area contributed by atoms with Gasteiger partial charge in [0.1, 0.15) is 109 Å². The largest absolute Gasteiger partial charge is 0.462 e. The second kappa shape index (κ2) is 24.9. The van der Waals surface area contributed by atoms with Gasteiger partial charge in [0.2, 0.25) is 6.29 Å². The Morgan fingerprint density at radius 2 is 1.02 bits per heavy atom. The van der Waals surface area contributed by atoms with Gasteiger partial charge in [0, 0.05) is 5.57 Å². The normalized spacial score (nSPS) is 49.3. The van der Waals surface area contributed by atoms with Gasteiger partial charge in [0.25, 0.3) is 0 Å². The highest BCUT2D eigenvalue weighted by molar-refractivity contribution is 5.89. The van der Waals surface area contributed by atoms with Crippen molar-refractivity contribution in [2.24, 2.45) is 50.7 Å². The molecular weight excluding hydrogens is 1120 g/mol. The molecule has 15 N–H and O–H groups in total. The molecule has 30 unspecified atom stereocenters. The zero-order valence-corrected chi connectivity index (χ0v) is 49.1. The van der Waals surface area contributed by atoms with Gasteiger partial charge in [-0.2, -0.15) is 0 Å². The first-order valence-corrected chi connectivity index (χ1v) is 30.3. The maximum absolute atomic E-state index is 13.3. The lowest BCUT2D eigenvalue weighted by Crippen LogP contribution is -2.67. The molecule has 0 radical (unpaired) electrons. The van der Waals surface area contributed by atoms with Gasteiger partial charge >= 0.3 is 5.97 Å². The number of hydrogen-bond donors (Lipinski definition) is 15. The van der Waals surface area contributed by atoms with Crippen molar-refractivity contribution in [1.29, 1.82) is 0 Å². The van der Waals surface area contributed by atoms with Crippen molar-refractivity contribution < 1.29 is 124 Å². The number of benzene rings is 1. The van der Waals surface area contributed by atoms with Crippen molar-refractivity contribution in [2.75, 3.05) is 26.4 Å². The highest BCUT2D eigenvalue weighted by Gasteiger charge is 2.82. The number of esters is 1. The van der Waals surface area contributed by atoms with E-state index in [1.807, 2.05) is 0 Å². The summed E-state index contributed by atoms with van der Waals surface area (Å²) in [4.78, 5) is 13.3. The Labute approximate surface area is 493 Å². The lowest BCUT2D eigenvalue weighted by atomic mass is 9.41. The van der Waals surface area contributed by atoms with E-state index in [1.54, 1.807) is 13.0 Å².